The summed E-state index contributed by atoms with van der Waals surface area (Å²) in [5.41, 5.74) is 0.200. The number of anilines is 1. The average Bonchev–Trinajstić information content (AvgIpc) is 2.24. The summed E-state index contributed by atoms with van der Waals surface area (Å²) in [6.07, 6.45) is 4.98. The Bertz CT molecular complexity index is 434. The number of amides is 1. The Kier molecular flexibility index (Phi) is 4.46. The molecule has 2 N–H and O–H groups in total. The number of carbonyl (C=O) groups is 1. The number of nitrogens with one attached hydrogen (secondary N) is 2. The smallest absolute Gasteiger partial charge is 0.242 e. The lowest BCUT2D eigenvalue weighted by atomic mass is 10.2. The van der Waals surface area contributed by atoms with Crippen molar-refractivity contribution in [2.75, 3.05) is 11.9 Å². The Morgan fingerprint density at radius 3 is 2.53 bits per heavy atom. The molecule has 0 unspecified atom stereocenters. The molecule has 1 aromatic rings. The molecule has 0 aliphatic heterocycles. The van der Waals surface area contributed by atoms with Crippen LogP contribution in [0, 0.1) is 24.0 Å². The van der Waals surface area contributed by atoms with Crippen LogP contribution in [0.5, 0.6) is 0 Å². The Hall–Kier alpha value is -2.09. The van der Waals surface area contributed by atoms with Crippen molar-refractivity contribution in [3.05, 3.63) is 29.8 Å². The van der Waals surface area contributed by atoms with Crippen LogP contribution < -0.4 is 10.6 Å². The van der Waals surface area contributed by atoms with Crippen molar-refractivity contribution in [3.63, 3.8) is 0 Å². The first kappa shape index (κ1) is 13.0. The van der Waals surface area contributed by atoms with E-state index in [2.05, 4.69) is 16.6 Å². The van der Waals surface area contributed by atoms with Gasteiger partial charge in [0.25, 0.3) is 0 Å². The SMILES string of the molecule is C#CCNC(=O)[C@@H](C)Nc1cc(F)cc(F)c1. The predicted octanol–water partition coefficient (Wildman–Crippen LogP) is 1.51. The highest BCUT2D eigenvalue weighted by Crippen LogP contribution is 2.13. The molecule has 0 radical (unpaired) electrons. The Morgan fingerprint density at radius 2 is 2.00 bits per heavy atom. The van der Waals surface area contributed by atoms with Crippen LogP contribution in [0.15, 0.2) is 18.2 Å². The summed E-state index contributed by atoms with van der Waals surface area (Å²) in [6, 6.07) is 2.33. The number of terminal acetylenes is 1. The molecule has 0 fully saturated rings. The molecule has 0 heterocycles. The number of hydrogen-bond acceptors (Lipinski definition) is 2. The van der Waals surface area contributed by atoms with E-state index < -0.39 is 17.7 Å². The van der Waals surface area contributed by atoms with Crippen LogP contribution >= 0.6 is 0 Å². The van der Waals surface area contributed by atoms with Crippen LogP contribution in [0.1, 0.15) is 6.92 Å². The monoisotopic (exact) mass is 238 g/mol. The third kappa shape index (κ3) is 4.11. The van der Waals surface area contributed by atoms with Crippen molar-refractivity contribution in [1.29, 1.82) is 0 Å². The van der Waals surface area contributed by atoms with Crippen molar-refractivity contribution in [2.45, 2.75) is 13.0 Å². The molecule has 0 aliphatic rings. The summed E-state index contributed by atoms with van der Waals surface area (Å²) in [4.78, 5) is 11.4. The van der Waals surface area contributed by atoms with Gasteiger partial charge in [-0.2, -0.15) is 0 Å². The Balaban J connectivity index is 2.64. The van der Waals surface area contributed by atoms with Crippen LogP contribution in [0.25, 0.3) is 0 Å². The van der Waals surface area contributed by atoms with Gasteiger partial charge in [0.05, 0.1) is 6.54 Å². The molecule has 0 bridgehead atoms. The topological polar surface area (TPSA) is 41.1 Å². The first-order valence-corrected chi connectivity index (χ1v) is 4.96. The van der Waals surface area contributed by atoms with Gasteiger partial charge in [-0.25, -0.2) is 8.78 Å². The van der Waals surface area contributed by atoms with Gasteiger partial charge >= 0.3 is 0 Å². The molecule has 1 amide bonds. The molecular weight excluding hydrogens is 226 g/mol. The fourth-order valence-electron chi connectivity index (χ4n) is 1.24. The molecule has 5 heteroatoms. The Labute approximate surface area is 98.2 Å². The minimum absolute atomic E-state index is 0.113. The fourth-order valence-corrected chi connectivity index (χ4v) is 1.24. The highest BCUT2D eigenvalue weighted by Gasteiger charge is 2.12. The quantitative estimate of drug-likeness (QED) is 0.781. The molecule has 1 aromatic carbocycles. The van der Waals surface area contributed by atoms with Crippen molar-refractivity contribution in [1.82, 2.24) is 5.32 Å². The molecule has 0 aliphatic carbocycles. The van der Waals surface area contributed by atoms with E-state index in [9.17, 15) is 13.6 Å². The zero-order valence-electron chi connectivity index (χ0n) is 9.26. The van der Waals surface area contributed by atoms with E-state index in [1.807, 2.05) is 0 Å². The Morgan fingerprint density at radius 1 is 1.41 bits per heavy atom. The minimum atomic E-state index is -0.705. The van der Waals surface area contributed by atoms with Gasteiger partial charge in [-0.05, 0) is 19.1 Å². The third-order valence-electron chi connectivity index (χ3n) is 2.00. The van der Waals surface area contributed by atoms with Gasteiger partial charge in [0.2, 0.25) is 5.91 Å². The number of carbonyl (C=O) groups excluding carboxylic acids is 1. The summed E-state index contributed by atoms with van der Waals surface area (Å²) in [7, 11) is 0. The van der Waals surface area contributed by atoms with Crippen molar-refractivity contribution >= 4 is 11.6 Å². The van der Waals surface area contributed by atoms with Gasteiger partial charge in [-0.3, -0.25) is 4.79 Å². The molecule has 0 spiro atoms. The standard InChI is InChI=1S/C12H12F2N2O/c1-3-4-15-12(17)8(2)16-11-6-9(13)5-10(14)7-11/h1,5-8,16H,4H2,2H3,(H,15,17)/t8-/m1/s1. The van der Waals surface area contributed by atoms with E-state index in [1.54, 1.807) is 6.92 Å². The molecule has 1 atom stereocenters. The van der Waals surface area contributed by atoms with Crippen LogP contribution in [-0.2, 0) is 4.79 Å². The highest BCUT2D eigenvalue weighted by atomic mass is 19.1. The number of benzene rings is 1. The van der Waals surface area contributed by atoms with Crippen molar-refractivity contribution in [3.8, 4) is 12.3 Å². The van der Waals surface area contributed by atoms with Crippen molar-refractivity contribution in [2.24, 2.45) is 0 Å². The molecule has 0 aromatic heterocycles. The predicted molar refractivity (Wildman–Crippen MR) is 61.3 cm³/mol. The summed E-state index contributed by atoms with van der Waals surface area (Å²) in [5, 5.41) is 5.13. The number of halogens is 2. The minimum Gasteiger partial charge on any atom is -0.374 e. The van der Waals surface area contributed by atoms with Gasteiger partial charge in [0.1, 0.15) is 17.7 Å². The molecule has 17 heavy (non-hydrogen) atoms. The van der Waals surface area contributed by atoms with Gasteiger partial charge in [-0.1, -0.05) is 5.92 Å². The first-order chi connectivity index (χ1) is 8.02. The second-order valence-electron chi connectivity index (χ2n) is 3.45. The average molecular weight is 238 g/mol. The second-order valence-corrected chi connectivity index (χ2v) is 3.45. The van der Waals surface area contributed by atoms with E-state index in [0.29, 0.717) is 0 Å². The zero-order chi connectivity index (χ0) is 12.8. The molecule has 3 nitrogen and oxygen atoms in total. The van der Waals surface area contributed by atoms with Crippen LogP contribution in [0.4, 0.5) is 14.5 Å². The lowest BCUT2D eigenvalue weighted by Gasteiger charge is -2.14. The molecule has 0 saturated heterocycles. The number of hydrogen-bond donors (Lipinski definition) is 2. The van der Waals surface area contributed by atoms with E-state index in [-0.39, 0.29) is 18.1 Å². The normalized spacial score (nSPS) is 11.4. The lowest BCUT2D eigenvalue weighted by molar-refractivity contribution is -0.121. The highest BCUT2D eigenvalue weighted by molar-refractivity contribution is 5.84. The molecule has 1 rings (SSSR count). The first-order valence-electron chi connectivity index (χ1n) is 4.96. The largest absolute Gasteiger partial charge is 0.374 e. The van der Waals surface area contributed by atoms with Crippen LogP contribution in [0.2, 0.25) is 0 Å². The maximum absolute atomic E-state index is 12.9. The summed E-state index contributed by atoms with van der Waals surface area (Å²) >= 11 is 0. The summed E-state index contributed by atoms with van der Waals surface area (Å²) in [6.45, 7) is 1.68. The van der Waals surface area contributed by atoms with E-state index in [1.165, 1.54) is 0 Å². The maximum atomic E-state index is 12.9. The summed E-state index contributed by atoms with van der Waals surface area (Å²) in [5.74, 6) is 0.506. The maximum Gasteiger partial charge on any atom is 0.242 e. The molecule has 0 saturated carbocycles. The lowest BCUT2D eigenvalue weighted by Crippen LogP contribution is -2.37. The van der Waals surface area contributed by atoms with E-state index in [4.69, 9.17) is 6.42 Å². The van der Waals surface area contributed by atoms with E-state index >= 15 is 0 Å². The van der Waals surface area contributed by atoms with Gasteiger partial charge < -0.3 is 10.6 Å². The van der Waals surface area contributed by atoms with Crippen LogP contribution in [0.3, 0.4) is 0 Å². The third-order valence-corrected chi connectivity index (χ3v) is 2.00. The van der Waals surface area contributed by atoms with Crippen LogP contribution in [-0.4, -0.2) is 18.5 Å². The number of rotatable bonds is 4. The molecule has 90 valence electrons. The van der Waals surface area contributed by atoms with Gasteiger partial charge in [0, 0.05) is 11.8 Å². The fraction of sp³-hybridized carbons (Fsp3) is 0.250. The summed E-state index contributed by atoms with van der Waals surface area (Å²) < 4.78 is 25.8. The molecular formula is C12H12F2N2O. The zero-order valence-corrected chi connectivity index (χ0v) is 9.26. The second kappa shape index (κ2) is 5.85. The van der Waals surface area contributed by atoms with Gasteiger partial charge in [0.15, 0.2) is 0 Å². The van der Waals surface area contributed by atoms with Gasteiger partial charge in [-0.15, -0.1) is 6.42 Å². The van der Waals surface area contributed by atoms with E-state index in [0.717, 1.165) is 18.2 Å². The van der Waals surface area contributed by atoms with Crippen molar-refractivity contribution < 1.29 is 13.6 Å².